The van der Waals surface area contributed by atoms with E-state index in [1.165, 1.54) is 161 Å². The van der Waals surface area contributed by atoms with Gasteiger partial charge < -0.3 is 39.9 Å². The third kappa shape index (κ3) is 35.1. The van der Waals surface area contributed by atoms with Gasteiger partial charge in [-0.2, -0.15) is 0 Å². The number of hydrogen-bond acceptors (Lipinski definition) is 12. The lowest BCUT2D eigenvalue weighted by Crippen LogP contribution is -2.64. The molecule has 0 amide bonds. The van der Waals surface area contributed by atoms with E-state index >= 15 is 0 Å². The zero-order valence-electron chi connectivity index (χ0n) is 42.2. The Bertz CT molecular complexity index is 1270. The Hall–Kier alpha value is -1.67. The molecule has 6 unspecified atom stereocenters. The number of esters is 2. The van der Waals surface area contributed by atoms with Gasteiger partial charge in [-0.25, -0.2) is 4.57 Å². The molecule has 13 nitrogen and oxygen atoms in total. The molecule has 6 N–H and O–H groups in total. The van der Waals surface area contributed by atoms with Crippen LogP contribution < -0.4 is 0 Å². The van der Waals surface area contributed by atoms with Crippen LogP contribution in [0, 0.1) is 0 Å². The van der Waals surface area contributed by atoms with E-state index in [4.69, 9.17) is 18.5 Å². The summed E-state index contributed by atoms with van der Waals surface area (Å²) < 4.78 is 33.6. The second-order valence-corrected chi connectivity index (χ2v) is 20.5. The normalized spacial score (nSPS) is 21.3. The van der Waals surface area contributed by atoms with Gasteiger partial charge in [0, 0.05) is 12.8 Å². The zero-order chi connectivity index (χ0) is 49.2. The molecular formula is C53H99O13P. The van der Waals surface area contributed by atoms with Crippen LogP contribution in [0.25, 0.3) is 0 Å². The molecule has 0 aromatic rings. The van der Waals surface area contributed by atoms with Gasteiger partial charge in [0.05, 0.1) is 6.61 Å². The van der Waals surface area contributed by atoms with Gasteiger partial charge in [-0.1, -0.05) is 212 Å². The number of carbonyl (C=O) groups is 2. The molecule has 0 aliphatic heterocycles. The lowest BCUT2D eigenvalue weighted by atomic mass is 9.85. The number of allylic oxidation sites excluding steroid dienone is 4. The van der Waals surface area contributed by atoms with Gasteiger partial charge in [0.15, 0.2) is 6.10 Å². The first-order chi connectivity index (χ1) is 32.4. The number of carbonyl (C=O) groups excluding carboxylic acids is 2. The molecule has 1 fully saturated rings. The van der Waals surface area contributed by atoms with Crippen LogP contribution in [0.1, 0.15) is 245 Å². The number of aliphatic hydroxyl groups is 5. The Labute approximate surface area is 406 Å². The molecule has 0 heterocycles. The first kappa shape index (κ1) is 63.3. The molecule has 8 atom stereocenters. The number of unbranched alkanes of at least 4 members (excludes halogenated alkanes) is 30. The van der Waals surface area contributed by atoms with E-state index in [-0.39, 0.29) is 12.8 Å². The van der Waals surface area contributed by atoms with Crippen LogP contribution in [-0.4, -0.2) is 98.3 Å². The topological polar surface area (TPSA) is 210 Å². The maximum atomic E-state index is 12.8. The van der Waals surface area contributed by atoms with Crippen molar-refractivity contribution in [3.8, 4) is 0 Å². The number of rotatable bonds is 46. The highest BCUT2D eigenvalue weighted by Gasteiger charge is 2.51. The maximum absolute atomic E-state index is 12.8. The smallest absolute Gasteiger partial charge is 0.462 e. The van der Waals surface area contributed by atoms with E-state index in [2.05, 4.69) is 38.2 Å². The van der Waals surface area contributed by atoms with E-state index in [9.17, 15) is 44.6 Å². The average Bonchev–Trinajstić information content (AvgIpc) is 3.31. The predicted molar refractivity (Wildman–Crippen MR) is 267 cm³/mol. The van der Waals surface area contributed by atoms with E-state index in [1.54, 1.807) is 0 Å². The Morgan fingerprint density at radius 1 is 0.463 bits per heavy atom. The van der Waals surface area contributed by atoms with Crippen molar-refractivity contribution in [1.29, 1.82) is 0 Å². The van der Waals surface area contributed by atoms with Gasteiger partial charge in [0.2, 0.25) is 0 Å². The second kappa shape index (κ2) is 43.1. The monoisotopic (exact) mass is 975 g/mol. The van der Waals surface area contributed by atoms with Gasteiger partial charge in [-0.3, -0.25) is 18.6 Å². The number of phosphoric acid groups is 1. The van der Waals surface area contributed by atoms with Crippen LogP contribution in [-0.2, 0) is 32.7 Å². The molecule has 1 saturated carbocycles. The molecule has 0 aromatic carbocycles. The van der Waals surface area contributed by atoms with Crippen LogP contribution in [0.4, 0.5) is 0 Å². The Kier molecular flexibility index (Phi) is 40.8. The minimum absolute atomic E-state index is 0.0573. The predicted octanol–water partition coefficient (Wildman–Crippen LogP) is 12.0. The third-order valence-electron chi connectivity index (χ3n) is 12.8. The average molecular weight is 975 g/mol. The summed E-state index contributed by atoms with van der Waals surface area (Å²) in [5, 5.41) is 50.3. The molecule has 1 aliphatic rings. The lowest BCUT2D eigenvalue weighted by Gasteiger charge is -2.41. The van der Waals surface area contributed by atoms with Crippen LogP contribution in [0.5, 0.6) is 0 Å². The van der Waals surface area contributed by atoms with E-state index < -0.39 is 75.7 Å². The molecular weight excluding hydrogens is 876 g/mol. The fourth-order valence-corrected chi connectivity index (χ4v) is 9.41. The van der Waals surface area contributed by atoms with E-state index in [0.29, 0.717) is 12.8 Å². The van der Waals surface area contributed by atoms with Crippen molar-refractivity contribution < 1.29 is 63.1 Å². The van der Waals surface area contributed by atoms with Crippen LogP contribution in [0.15, 0.2) is 24.3 Å². The Morgan fingerprint density at radius 2 is 0.806 bits per heavy atom. The van der Waals surface area contributed by atoms with Crippen molar-refractivity contribution in [1.82, 2.24) is 0 Å². The molecule has 0 radical (unpaired) electrons. The highest BCUT2D eigenvalue weighted by atomic mass is 31.2. The van der Waals surface area contributed by atoms with Crippen molar-refractivity contribution >= 4 is 19.8 Å². The molecule has 67 heavy (non-hydrogen) atoms. The maximum Gasteiger partial charge on any atom is 0.472 e. The summed E-state index contributed by atoms with van der Waals surface area (Å²) in [5.74, 6) is -1.12. The molecule has 1 rings (SSSR count). The fraction of sp³-hybridized carbons (Fsp3) is 0.887. The second-order valence-electron chi connectivity index (χ2n) is 19.1. The number of hydrogen-bond donors (Lipinski definition) is 6. The van der Waals surface area contributed by atoms with Crippen LogP contribution in [0.2, 0.25) is 0 Å². The summed E-state index contributed by atoms with van der Waals surface area (Å²) in [4.78, 5) is 35.8. The molecule has 394 valence electrons. The van der Waals surface area contributed by atoms with Gasteiger partial charge in [0.25, 0.3) is 0 Å². The third-order valence-corrected chi connectivity index (χ3v) is 13.8. The fourth-order valence-electron chi connectivity index (χ4n) is 8.44. The molecule has 1 aliphatic carbocycles. The van der Waals surface area contributed by atoms with Crippen LogP contribution >= 0.6 is 7.82 Å². The van der Waals surface area contributed by atoms with Gasteiger partial charge in [-0.15, -0.1) is 0 Å². The number of ether oxygens (including phenoxy) is 2. The molecule has 0 aromatic heterocycles. The Morgan fingerprint density at radius 3 is 1.24 bits per heavy atom. The van der Waals surface area contributed by atoms with Gasteiger partial charge in [0.1, 0.15) is 43.2 Å². The lowest BCUT2D eigenvalue weighted by molar-refractivity contribution is -0.220. The summed E-state index contributed by atoms with van der Waals surface area (Å²) >= 11 is 0. The number of phosphoric ester groups is 1. The quantitative estimate of drug-likeness (QED) is 0.0145. The van der Waals surface area contributed by atoms with Crippen molar-refractivity contribution in [2.75, 3.05) is 13.2 Å². The van der Waals surface area contributed by atoms with E-state index in [1.807, 2.05) is 0 Å². The summed E-state index contributed by atoms with van der Waals surface area (Å²) in [6, 6.07) is 0. The van der Waals surface area contributed by atoms with Gasteiger partial charge in [-0.05, 0) is 44.9 Å². The standard InChI is InChI=1S/C53H99O13P/c1-3-5-7-9-11-13-15-17-19-20-21-22-23-24-25-26-28-29-31-33-35-37-39-41-46(54)63-43-45(44-64-67(61,62)66-53-51(59)49(57)48(56)50(58)52(53)60)65-47(55)42-40-38-36-34-32-30-27-18-16-14-12-10-8-6-4-2/h18,27,32,34,45,48-53,56-60H,3-17,19-26,28-31,33,35-44H2,1-2H3,(H,61,62)/b27-18+,34-32+/t45-,48?,49-,50?,51?,52?,53?/m0/s1. The number of aliphatic hydroxyl groups excluding tert-OH is 5. The van der Waals surface area contributed by atoms with Gasteiger partial charge >= 0.3 is 19.8 Å². The minimum atomic E-state index is -5.13. The molecule has 14 heteroatoms. The highest BCUT2D eigenvalue weighted by Crippen LogP contribution is 2.47. The van der Waals surface area contributed by atoms with Crippen molar-refractivity contribution in [2.24, 2.45) is 0 Å². The molecule has 0 spiro atoms. The summed E-state index contributed by atoms with van der Waals surface area (Å²) in [7, 11) is -5.13. The largest absolute Gasteiger partial charge is 0.472 e. The Balaban J connectivity index is 2.34. The SMILES string of the molecule is CCCCCCCC/C=C/C/C=C/CCCCC(=O)O[C@@H](COC(=O)CCCCCCCCCCCCCCCCCCCCCCCCC)COP(=O)(O)OC1C(O)C(O)C(O)[C@H](O)C1O. The summed E-state index contributed by atoms with van der Waals surface area (Å²) in [6.45, 7) is 3.31. The first-order valence-electron chi connectivity index (χ1n) is 27.1. The van der Waals surface area contributed by atoms with Crippen LogP contribution in [0.3, 0.4) is 0 Å². The first-order valence-corrected chi connectivity index (χ1v) is 28.6. The van der Waals surface area contributed by atoms with E-state index in [0.717, 1.165) is 44.9 Å². The summed E-state index contributed by atoms with van der Waals surface area (Å²) in [5.41, 5.74) is 0. The summed E-state index contributed by atoms with van der Waals surface area (Å²) in [6.07, 6.45) is 36.7. The molecule has 0 saturated heterocycles. The zero-order valence-corrected chi connectivity index (χ0v) is 43.1. The van der Waals surface area contributed by atoms with Crippen molar-refractivity contribution in [3.05, 3.63) is 24.3 Å². The highest BCUT2D eigenvalue weighted by molar-refractivity contribution is 7.47. The molecule has 0 bridgehead atoms. The van der Waals surface area contributed by atoms with Crippen molar-refractivity contribution in [3.63, 3.8) is 0 Å². The minimum Gasteiger partial charge on any atom is -0.462 e. The van der Waals surface area contributed by atoms with Crippen molar-refractivity contribution in [2.45, 2.75) is 288 Å².